The molecular formula is C24H35F3N4O. The summed E-state index contributed by atoms with van der Waals surface area (Å²) in [4.78, 5) is 2.17. The van der Waals surface area contributed by atoms with Crippen molar-refractivity contribution in [3.63, 3.8) is 0 Å². The number of ether oxygens (including phenoxy) is 1. The number of hydrogen-bond acceptors (Lipinski definition) is 5. The predicted molar refractivity (Wildman–Crippen MR) is 127 cm³/mol. The molecule has 1 aliphatic heterocycles. The molecule has 0 aliphatic carbocycles. The van der Waals surface area contributed by atoms with Crippen LogP contribution in [0.2, 0.25) is 0 Å². The maximum atomic E-state index is 14.3. The minimum absolute atomic E-state index is 0.00332. The van der Waals surface area contributed by atoms with Crippen molar-refractivity contribution in [3.8, 4) is 0 Å². The van der Waals surface area contributed by atoms with Gasteiger partial charge in [-0.2, -0.15) is 0 Å². The molecule has 0 unspecified atom stereocenters. The Labute approximate surface area is 189 Å². The summed E-state index contributed by atoms with van der Waals surface area (Å²) in [7, 11) is 0. The molecule has 0 radical (unpaired) electrons. The second-order valence-corrected chi connectivity index (χ2v) is 6.43. The first kappa shape index (κ1) is 27.2. The highest BCUT2D eigenvalue weighted by molar-refractivity contribution is 5.77. The van der Waals surface area contributed by atoms with Crippen LogP contribution in [-0.2, 0) is 11.3 Å². The van der Waals surface area contributed by atoms with Crippen molar-refractivity contribution < 1.29 is 17.9 Å². The standard InChI is InChI=1S/C20H23F3N4O.2C2H6/c21-19-13(2-1-3-15(19)20(22)23)12-26-18(11-24)16-10-14(4-5-17(16)25)27-6-8-28-9-7-27;2*1-2/h1-5,10-11,20,26H,6-9,12,24-25H2;2*1-2H3/b18-11+;;. The van der Waals surface area contributed by atoms with Gasteiger partial charge < -0.3 is 26.4 Å². The summed E-state index contributed by atoms with van der Waals surface area (Å²) in [5.74, 6) is -0.920. The summed E-state index contributed by atoms with van der Waals surface area (Å²) >= 11 is 0. The Bertz CT molecular complexity index is 853. The van der Waals surface area contributed by atoms with Crippen LogP contribution < -0.4 is 21.7 Å². The zero-order valence-electron chi connectivity index (χ0n) is 19.3. The van der Waals surface area contributed by atoms with Crippen LogP contribution in [0.1, 0.15) is 50.8 Å². The maximum absolute atomic E-state index is 14.3. The van der Waals surface area contributed by atoms with Gasteiger partial charge in [-0.15, -0.1) is 0 Å². The second-order valence-electron chi connectivity index (χ2n) is 6.43. The Morgan fingerprint density at radius 2 is 1.78 bits per heavy atom. The highest BCUT2D eigenvalue weighted by atomic mass is 19.3. The second kappa shape index (κ2) is 14.2. The molecule has 1 fully saturated rings. The van der Waals surface area contributed by atoms with E-state index in [2.05, 4.69) is 10.2 Å². The molecule has 0 atom stereocenters. The predicted octanol–water partition coefficient (Wildman–Crippen LogP) is 5.28. The number of anilines is 2. The van der Waals surface area contributed by atoms with Gasteiger partial charge in [0, 0.05) is 48.3 Å². The van der Waals surface area contributed by atoms with Gasteiger partial charge in [0.05, 0.1) is 24.5 Å². The Kier molecular flexibility index (Phi) is 12.1. The molecule has 2 aromatic rings. The normalized spacial score (nSPS) is 13.6. The molecule has 0 spiro atoms. The van der Waals surface area contributed by atoms with Gasteiger partial charge in [0.2, 0.25) is 0 Å². The zero-order valence-corrected chi connectivity index (χ0v) is 19.3. The molecule has 3 rings (SSSR count). The first-order chi connectivity index (χ1) is 15.5. The van der Waals surface area contributed by atoms with Crippen molar-refractivity contribution in [2.45, 2.75) is 40.7 Å². The molecular weight excluding hydrogens is 417 g/mol. The lowest BCUT2D eigenvalue weighted by Crippen LogP contribution is -2.36. The fourth-order valence-corrected chi connectivity index (χ4v) is 3.13. The lowest BCUT2D eigenvalue weighted by molar-refractivity contribution is 0.122. The van der Waals surface area contributed by atoms with E-state index in [1.165, 1.54) is 18.3 Å². The SMILES string of the molecule is CC.CC.N/C=C(/NCc1cccc(C(F)F)c1F)c1cc(N2CCOCC2)ccc1N. The van der Waals surface area contributed by atoms with Crippen molar-refractivity contribution in [2.24, 2.45) is 5.73 Å². The van der Waals surface area contributed by atoms with Crippen LogP contribution in [-0.4, -0.2) is 26.3 Å². The molecule has 0 bridgehead atoms. The molecule has 1 aliphatic rings. The van der Waals surface area contributed by atoms with Gasteiger partial charge in [-0.25, -0.2) is 13.2 Å². The summed E-state index contributed by atoms with van der Waals surface area (Å²) < 4.78 is 45.4. The minimum atomic E-state index is -2.87. The number of nitrogens with one attached hydrogen (secondary N) is 1. The number of rotatable bonds is 6. The maximum Gasteiger partial charge on any atom is 0.266 e. The molecule has 0 saturated carbocycles. The monoisotopic (exact) mass is 452 g/mol. The Hall–Kier alpha value is -2.87. The van der Waals surface area contributed by atoms with Crippen LogP contribution in [0.5, 0.6) is 0 Å². The van der Waals surface area contributed by atoms with E-state index < -0.39 is 17.8 Å². The number of benzene rings is 2. The van der Waals surface area contributed by atoms with E-state index >= 15 is 0 Å². The third-order valence-electron chi connectivity index (χ3n) is 4.68. The van der Waals surface area contributed by atoms with Crippen LogP contribution in [0, 0.1) is 5.82 Å². The van der Waals surface area contributed by atoms with Crippen molar-refractivity contribution in [2.75, 3.05) is 36.9 Å². The highest BCUT2D eigenvalue weighted by Gasteiger charge is 2.17. The quantitative estimate of drug-likeness (QED) is 0.520. The van der Waals surface area contributed by atoms with Crippen LogP contribution >= 0.6 is 0 Å². The van der Waals surface area contributed by atoms with E-state index in [1.807, 2.05) is 39.8 Å². The molecule has 1 saturated heterocycles. The van der Waals surface area contributed by atoms with Gasteiger partial charge in [0.15, 0.2) is 0 Å². The summed E-state index contributed by atoms with van der Waals surface area (Å²) in [5.41, 5.74) is 14.0. The third-order valence-corrected chi connectivity index (χ3v) is 4.68. The van der Waals surface area contributed by atoms with Crippen molar-refractivity contribution >= 4 is 17.1 Å². The van der Waals surface area contributed by atoms with E-state index in [9.17, 15) is 13.2 Å². The number of alkyl halides is 2. The summed E-state index contributed by atoms with van der Waals surface area (Å²) in [6, 6.07) is 9.54. The lowest BCUT2D eigenvalue weighted by Gasteiger charge is -2.29. The average Bonchev–Trinajstić information content (AvgIpc) is 2.84. The van der Waals surface area contributed by atoms with Gasteiger partial charge in [-0.05, 0) is 18.2 Å². The fourth-order valence-electron chi connectivity index (χ4n) is 3.13. The zero-order chi connectivity index (χ0) is 24.1. The number of nitrogens with zero attached hydrogens (tertiary/aromatic N) is 1. The van der Waals surface area contributed by atoms with Crippen molar-refractivity contribution in [1.82, 2.24) is 5.32 Å². The van der Waals surface area contributed by atoms with Crippen LogP contribution in [0.3, 0.4) is 0 Å². The first-order valence-corrected chi connectivity index (χ1v) is 10.9. The number of nitrogens with two attached hydrogens (primary N) is 2. The molecule has 0 aromatic heterocycles. The fraction of sp³-hybridized carbons (Fsp3) is 0.417. The molecule has 5 nitrogen and oxygen atoms in total. The van der Waals surface area contributed by atoms with E-state index in [1.54, 1.807) is 6.07 Å². The van der Waals surface area contributed by atoms with Crippen LogP contribution in [0.25, 0.3) is 5.70 Å². The summed E-state index contributed by atoms with van der Waals surface area (Å²) in [6.07, 6.45) is -1.53. The number of morpholine rings is 1. The molecule has 5 N–H and O–H groups in total. The number of hydrogen-bond donors (Lipinski definition) is 3. The number of nitrogen functional groups attached to an aromatic ring is 1. The summed E-state index contributed by atoms with van der Waals surface area (Å²) in [5, 5.41) is 3.01. The highest BCUT2D eigenvalue weighted by Crippen LogP contribution is 2.28. The molecule has 8 heteroatoms. The van der Waals surface area contributed by atoms with Gasteiger partial charge in [0.25, 0.3) is 6.43 Å². The van der Waals surface area contributed by atoms with Crippen LogP contribution in [0.15, 0.2) is 42.6 Å². The molecule has 0 amide bonds. The Balaban J connectivity index is 0.00000121. The van der Waals surface area contributed by atoms with Gasteiger partial charge in [0.1, 0.15) is 5.82 Å². The Morgan fingerprint density at radius 1 is 1.12 bits per heavy atom. The smallest absolute Gasteiger partial charge is 0.266 e. The van der Waals surface area contributed by atoms with E-state index in [0.29, 0.717) is 30.2 Å². The number of halogens is 3. The third kappa shape index (κ3) is 7.09. The molecule has 1 heterocycles. The Morgan fingerprint density at radius 3 is 2.38 bits per heavy atom. The molecule has 2 aromatic carbocycles. The summed E-state index contributed by atoms with van der Waals surface area (Å²) in [6.45, 7) is 10.8. The lowest BCUT2D eigenvalue weighted by atomic mass is 10.1. The van der Waals surface area contributed by atoms with Gasteiger partial charge in [-0.1, -0.05) is 45.9 Å². The van der Waals surface area contributed by atoms with Crippen molar-refractivity contribution in [1.29, 1.82) is 0 Å². The molecule has 178 valence electrons. The molecule has 32 heavy (non-hydrogen) atoms. The van der Waals surface area contributed by atoms with E-state index in [0.717, 1.165) is 24.8 Å². The largest absolute Gasteiger partial charge is 0.403 e. The minimum Gasteiger partial charge on any atom is -0.403 e. The van der Waals surface area contributed by atoms with Gasteiger partial charge in [-0.3, -0.25) is 0 Å². The van der Waals surface area contributed by atoms with E-state index in [4.69, 9.17) is 16.2 Å². The van der Waals surface area contributed by atoms with E-state index in [-0.39, 0.29) is 12.1 Å². The van der Waals surface area contributed by atoms with Crippen molar-refractivity contribution in [3.05, 3.63) is 65.1 Å². The average molecular weight is 453 g/mol. The van der Waals surface area contributed by atoms with Crippen LogP contribution in [0.4, 0.5) is 24.5 Å². The first-order valence-electron chi connectivity index (χ1n) is 10.9. The van der Waals surface area contributed by atoms with Gasteiger partial charge >= 0.3 is 0 Å². The topological polar surface area (TPSA) is 76.5 Å².